The molecule has 2 rings (SSSR count). The molecule has 0 aliphatic heterocycles. The third kappa shape index (κ3) is 4.09. The molecule has 0 aromatic heterocycles. The number of carbonyl (C=O) groups is 2. The summed E-state index contributed by atoms with van der Waals surface area (Å²) in [7, 11) is 0. The van der Waals surface area contributed by atoms with Crippen LogP contribution in [-0.2, 0) is 9.59 Å². The summed E-state index contributed by atoms with van der Waals surface area (Å²) in [5.74, 6) is -1.66. The fraction of sp³-hybridized carbons (Fsp3) is 0.286. The van der Waals surface area contributed by atoms with E-state index in [1.54, 1.807) is 24.3 Å². The van der Waals surface area contributed by atoms with E-state index >= 15 is 0 Å². The maximum atomic E-state index is 12.7. The quantitative estimate of drug-likeness (QED) is 0.644. The number of rotatable bonds is 5. The minimum absolute atomic E-state index is 0.167. The third-order valence-corrected chi connectivity index (χ3v) is 3.94. The number of halogens is 1. The second kappa shape index (κ2) is 6.56. The summed E-state index contributed by atoms with van der Waals surface area (Å²) in [5.41, 5.74) is 0. The van der Waals surface area contributed by atoms with Crippen LogP contribution in [0.1, 0.15) is 6.42 Å². The number of amides is 1. The molecule has 1 aliphatic rings. The highest BCUT2D eigenvalue weighted by Crippen LogP contribution is 2.20. The molecule has 0 radical (unpaired) electrons. The number of carboxylic acids is 1. The predicted octanol–water partition coefficient (Wildman–Crippen LogP) is 2.06. The Morgan fingerprint density at radius 2 is 2.00 bits per heavy atom. The van der Waals surface area contributed by atoms with Crippen LogP contribution in [0.5, 0.6) is 0 Å². The number of hydrogen-bond acceptors (Lipinski definition) is 3. The van der Waals surface area contributed by atoms with Crippen molar-refractivity contribution >= 4 is 23.6 Å². The van der Waals surface area contributed by atoms with Crippen molar-refractivity contribution in [2.24, 2.45) is 5.92 Å². The number of aliphatic carboxylic acids is 1. The van der Waals surface area contributed by atoms with Gasteiger partial charge in [0.15, 0.2) is 0 Å². The second-order valence-electron chi connectivity index (χ2n) is 4.48. The van der Waals surface area contributed by atoms with E-state index in [-0.39, 0.29) is 23.5 Å². The lowest BCUT2D eigenvalue weighted by atomic mass is 10.1. The summed E-state index contributed by atoms with van der Waals surface area (Å²) in [6.45, 7) is 0. The molecule has 1 aromatic rings. The van der Waals surface area contributed by atoms with Crippen LogP contribution in [0.3, 0.4) is 0 Å². The number of nitrogens with one attached hydrogen (secondary N) is 1. The van der Waals surface area contributed by atoms with Gasteiger partial charge in [0.05, 0.1) is 11.7 Å². The van der Waals surface area contributed by atoms with Crippen LogP contribution in [0, 0.1) is 11.7 Å². The van der Waals surface area contributed by atoms with Gasteiger partial charge in [-0.05, 0) is 30.7 Å². The van der Waals surface area contributed by atoms with Gasteiger partial charge in [-0.25, -0.2) is 4.39 Å². The number of hydrogen-bond donors (Lipinski definition) is 2. The van der Waals surface area contributed by atoms with Crippen LogP contribution in [-0.4, -0.2) is 28.8 Å². The minimum Gasteiger partial charge on any atom is -0.481 e. The molecule has 1 aliphatic carbocycles. The summed E-state index contributed by atoms with van der Waals surface area (Å²) in [6, 6.07) is 5.69. The van der Waals surface area contributed by atoms with Gasteiger partial charge >= 0.3 is 5.97 Å². The highest BCUT2D eigenvalue weighted by Gasteiger charge is 2.25. The first kappa shape index (κ1) is 14.6. The van der Waals surface area contributed by atoms with Gasteiger partial charge < -0.3 is 10.4 Å². The molecule has 0 saturated carbocycles. The van der Waals surface area contributed by atoms with E-state index in [4.69, 9.17) is 5.11 Å². The summed E-state index contributed by atoms with van der Waals surface area (Å²) in [4.78, 5) is 23.3. The van der Waals surface area contributed by atoms with Crippen molar-refractivity contribution in [3.63, 3.8) is 0 Å². The molecule has 0 spiro atoms. The highest BCUT2D eigenvalue weighted by molar-refractivity contribution is 8.00. The number of carbonyl (C=O) groups excluding carboxylic acids is 1. The Kier molecular flexibility index (Phi) is 4.79. The zero-order valence-electron chi connectivity index (χ0n) is 10.6. The average molecular weight is 295 g/mol. The van der Waals surface area contributed by atoms with Crippen molar-refractivity contribution in [3.8, 4) is 0 Å². The first-order valence-corrected chi connectivity index (χ1v) is 7.12. The highest BCUT2D eigenvalue weighted by atomic mass is 32.2. The van der Waals surface area contributed by atoms with E-state index in [0.29, 0.717) is 6.42 Å². The molecule has 0 saturated heterocycles. The van der Waals surface area contributed by atoms with Gasteiger partial charge in [-0.2, -0.15) is 0 Å². The first-order valence-electron chi connectivity index (χ1n) is 6.13. The van der Waals surface area contributed by atoms with Crippen molar-refractivity contribution in [1.29, 1.82) is 0 Å². The van der Waals surface area contributed by atoms with Crippen molar-refractivity contribution in [1.82, 2.24) is 5.32 Å². The molecule has 0 bridgehead atoms. The first-order chi connectivity index (χ1) is 9.54. The lowest BCUT2D eigenvalue weighted by Crippen LogP contribution is -2.34. The van der Waals surface area contributed by atoms with Crippen LogP contribution < -0.4 is 5.32 Å². The molecule has 2 N–H and O–H groups in total. The lowest BCUT2D eigenvalue weighted by molar-refractivity contribution is -0.140. The predicted molar refractivity (Wildman–Crippen MR) is 73.9 cm³/mol. The van der Waals surface area contributed by atoms with E-state index in [0.717, 1.165) is 4.90 Å². The van der Waals surface area contributed by atoms with E-state index < -0.39 is 11.9 Å². The van der Waals surface area contributed by atoms with Crippen LogP contribution in [0.25, 0.3) is 0 Å². The molecule has 20 heavy (non-hydrogen) atoms. The van der Waals surface area contributed by atoms with Gasteiger partial charge in [0.1, 0.15) is 5.82 Å². The van der Waals surface area contributed by atoms with Crippen LogP contribution in [0.4, 0.5) is 4.39 Å². The van der Waals surface area contributed by atoms with Crippen molar-refractivity contribution in [3.05, 3.63) is 42.2 Å². The molecule has 0 heterocycles. The summed E-state index contributed by atoms with van der Waals surface area (Å²) >= 11 is 1.31. The Bertz CT molecular complexity index is 530. The van der Waals surface area contributed by atoms with E-state index in [2.05, 4.69) is 5.32 Å². The van der Waals surface area contributed by atoms with Gasteiger partial charge in [-0.1, -0.05) is 12.2 Å². The Balaban J connectivity index is 1.75. The number of benzene rings is 1. The van der Waals surface area contributed by atoms with Crippen LogP contribution in [0.2, 0.25) is 0 Å². The molecule has 1 amide bonds. The normalized spacial score (nSPS) is 20.9. The van der Waals surface area contributed by atoms with Crippen molar-refractivity contribution in [2.75, 3.05) is 5.75 Å². The van der Waals surface area contributed by atoms with E-state index in [9.17, 15) is 14.0 Å². The Hall–Kier alpha value is -1.82. The van der Waals surface area contributed by atoms with E-state index in [1.165, 1.54) is 23.9 Å². The SMILES string of the molecule is O=C(CSc1ccc(F)cc1)NC1C=CC(C(=O)O)C1. The minimum atomic E-state index is -0.876. The van der Waals surface area contributed by atoms with E-state index in [1.807, 2.05) is 0 Å². The Morgan fingerprint density at radius 3 is 2.60 bits per heavy atom. The summed E-state index contributed by atoms with van der Waals surface area (Å²) in [6.07, 6.45) is 3.70. The Labute approximate surface area is 120 Å². The van der Waals surface area contributed by atoms with Gasteiger partial charge in [-0.15, -0.1) is 11.8 Å². The summed E-state index contributed by atoms with van der Waals surface area (Å²) < 4.78 is 12.7. The fourth-order valence-electron chi connectivity index (χ4n) is 1.92. The van der Waals surface area contributed by atoms with Crippen LogP contribution >= 0.6 is 11.8 Å². The molecule has 106 valence electrons. The molecule has 1 aromatic carbocycles. The van der Waals surface area contributed by atoms with Gasteiger partial charge in [0, 0.05) is 10.9 Å². The summed E-state index contributed by atoms with van der Waals surface area (Å²) in [5, 5.41) is 11.6. The zero-order chi connectivity index (χ0) is 14.5. The molecule has 0 fully saturated rings. The smallest absolute Gasteiger partial charge is 0.310 e. The van der Waals surface area contributed by atoms with Gasteiger partial charge in [-0.3, -0.25) is 9.59 Å². The van der Waals surface area contributed by atoms with Crippen molar-refractivity contribution in [2.45, 2.75) is 17.4 Å². The van der Waals surface area contributed by atoms with Crippen molar-refractivity contribution < 1.29 is 19.1 Å². The lowest BCUT2D eigenvalue weighted by Gasteiger charge is -2.11. The fourth-order valence-corrected chi connectivity index (χ4v) is 2.63. The molecular weight excluding hydrogens is 281 g/mol. The molecule has 4 nitrogen and oxygen atoms in total. The topological polar surface area (TPSA) is 66.4 Å². The monoisotopic (exact) mass is 295 g/mol. The number of thioether (sulfide) groups is 1. The average Bonchev–Trinajstić information content (AvgIpc) is 2.87. The molecular formula is C14H14FNO3S. The molecule has 2 unspecified atom stereocenters. The largest absolute Gasteiger partial charge is 0.481 e. The second-order valence-corrected chi connectivity index (χ2v) is 5.53. The zero-order valence-corrected chi connectivity index (χ0v) is 11.4. The van der Waals surface area contributed by atoms with Gasteiger partial charge in [0.25, 0.3) is 0 Å². The Morgan fingerprint density at radius 1 is 1.30 bits per heavy atom. The maximum absolute atomic E-state index is 12.7. The van der Waals surface area contributed by atoms with Gasteiger partial charge in [0.2, 0.25) is 5.91 Å². The number of carboxylic acid groups (broad SMARTS) is 1. The standard InChI is InChI=1S/C14H14FNO3S/c15-10-2-5-12(6-3-10)20-8-13(17)16-11-4-1-9(7-11)14(18)19/h1-6,9,11H,7-8H2,(H,16,17)(H,18,19). The maximum Gasteiger partial charge on any atom is 0.310 e. The molecule has 6 heteroatoms. The third-order valence-electron chi connectivity index (χ3n) is 2.93. The molecule has 2 atom stereocenters. The van der Waals surface area contributed by atoms with Crippen LogP contribution in [0.15, 0.2) is 41.3 Å².